The Labute approximate surface area is 133 Å². The largest absolute Gasteiger partial charge is 0.573 e. The molecule has 0 amide bonds. The number of halogens is 4. The number of piperazine rings is 1. The molecule has 0 bridgehead atoms. The molecule has 7 heteroatoms. The number of rotatable bonds is 5. The Balaban J connectivity index is 1.89. The lowest BCUT2D eigenvalue weighted by molar-refractivity contribution is -0.274. The molecule has 1 aromatic rings. The molecule has 0 N–H and O–H groups in total. The number of nitrogens with zero attached hydrogens (tertiary/aromatic N) is 2. The molecule has 2 rings (SSSR count). The fourth-order valence-electron chi connectivity index (χ4n) is 2.53. The lowest BCUT2D eigenvalue weighted by Gasteiger charge is -2.32. The van der Waals surface area contributed by atoms with Crippen molar-refractivity contribution in [3.8, 4) is 5.75 Å². The van der Waals surface area contributed by atoms with E-state index in [9.17, 15) is 13.2 Å². The summed E-state index contributed by atoms with van der Waals surface area (Å²) in [5.74, 6) is -0.157. The lowest BCUT2D eigenvalue weighted by Crippen LogP contribution is -2.44. The fraction of sp³-hybridized carbons (Fsp3) is 0.600. The van der Waals surface area contributed by atoms with Crippen molar-refractivity contribution in [2.75, 3.05) is 39.8 Å². The van der Waals surface area contributed by atoms with Gasteiger partial charge in [-0.2, -0.15) is 0 Å². The van der Waals surface area contributed by atoms with Crippen LogP contribution in [-0.2, 0) is 6.42 Å². The van der Waals surface area contributed by atoms with Gasteiger partial charge in [-0.15, -0.1) is 13.2 Å². The van der Waals surface area contributed by atoms with E-state index in [0.717, 1.165) is 39.1 Å². The summed E-state index contributed by atoms with van der Waals surface area (Å²) >= 11 is 5.88. The first-order chi connectivity index (χ1) is 10.3. The molecule has 1 aliphatic heterocycles. The molecule has 1 aromatic carbocycles. The summed E-state index contributed by atoms with van der Waals surface area (Å²) in [7, 11) is 2.09. The van der Waals surface area contributed by atoms with E-state index >= 15 is 0 Å². The number of aryl methyl sites for hydroxylation is 1. The zero-order valence-electron chi connectivity index (χ0n) is 12.5. The summed E-state index contributed by atoms with van der Waals surface area (Å²) in [6.45, 7) is 4.92. The van der Waals surface area contributed by atoms with Gasteiger partial charge in [0.15, 0.2) is 0 Å². The van der Waals surface area contributed by atoms with Gasteiger partial charge in [-0.3, -0.25) is 0 Å². The molecule has 1 heterocycles. The summed E-state index contributed by atoms with van der Waals surface area (Å²) in [6.07, 6.45) is -3.39. The van der Waals surface area contributed by atoms with Gasteiger partial charge >= 0.3 is 6.36 Å². The van der Waals surface area contributed by atoms with Crippen molar-refractivity contribution in [3.05, 3.63) is 28.8 Å². The SMILES string of the molecule is CN1CCN(CCCc2cc(Cl)ccc2OC(F)(F)F)CC1. The van der Waals surface area contributed by atoms with Gasteiger partial charge in [0.2, 0.25) is 0 Å². The molecule has 0 aromatic heterocycles. The van der Waals surface area contributed by atoms with Crippen LogP contribution in [0.15, 0.2) is 18.2 Å². The molecule has 0 radical (unpaired) electrons. The van der Waals surface area contributed by atoms with E-state index in [1.54, 1.807) is 6.07 Å². The van der Waals surface area contributed by atoms with Crippen molar-refractivity contribution in [2.45, 2.75) is 19.2 Å². The van der Waals surface area contributed by atoms with Crippen LogP contribution in [0.4, 0.5) is 13.2 Å². The van der Waals surface area contributed by atoms with Crippen LogP contribution in [0.3, 0.4) is 0 Å². The number of hydrogen-bond donors (Lipinski definition) is 0. The molecule has 22 heavy (non-hydrogen) atoms. The van der Waals surface area contributed by atoms with Crippen LogP contribution in [0, 0.1) is 0 Å². The van der Waals surface area contributed by atoms with Crippen molar-refractivity contribution in [1.29, 1.82) is 0 Å². The quantitative estimate of drug-likeness (QED) is 0.819. The van der Waals surface area contributed by atoms with E-state index in [-0.39, 0.29) is 5.75 Å². The normalized spacial score (nSPS) is 17.7. The van der Waals surface area contributed by atoms with Gasteiger partial charge in [0, 0.05) is 31.2 Å². The zero-order valence-corrected chi connectivity index (χ0v) is 13.3. The molecule has 1 aliphatic rings. The number of hydrogen-bond acceptors (Lipinski definition) is 3. The van der Waals surface area contributed by atoms with E-state index in [0.29, 0.717) is 17.0 Å². The minimum atomic E-state index is -4.68. The van der Waals surface area contributed by atoms with Gasteiger partial charge in [-0.25, -0.2) is 0 Å². The van der Waals surface area contributed by atoms with E-state index in [1.165, 1.54) is 12.1 Å². The molecule has 3 nitrogen and oxygen atoms in total. The highest BCUT2D eigenvalue weighted by Crippen LogP contribution is 2.29. The second-order valence-corrected chi connectivity index (χ2v) is 5.98. The maximum Gasteiger partial charge on any atom is 0.573 e. The third-order valence-electron chi connectivity index (χ3n) is 3.76. The predicted molar refractivity (Wildman–Crippen MR) is 80.4 cm³/mol. The summed E-state index contributed by atoms with van der Waals surface area (Å²) in [5, 5.41) is 0.420. The number of ether oxygens (including phenoxy) is 1. The Morgan fingerprint density at radius 3 is 2.50 bits per heavy atom. The van der Waals surface area contributed by atoms with Gasteiger partial charge < -0.3 is 14.5 Å². The first-order valence-corrected chi connectivity index (χ1v) is 7.66. The van der Waals surface area contributed by atoms with Crippen LogP contribution < -0.4 is 4.74 Å². The van der Waals surface area contributed by atoms with Gasteiger partial charge in [0.25, 0.3) is 0 Å². The minimum Gasteiger partial charge on any atom is -0.406 e. The van der Waals surface area contributed by atoms with Crippen molar-refractivity contribution in [3.63, 3.8) is 0 Å². The summed E-state index contributed by atoms with van der Waals surface area (Å²) in [4.78, 5) is 4.59. The molecule has 0 aliphatic carbocycles. The smallest absolute Gasteiger partial charge is 0.406 e. The summed E-state index contributed by atoms with van der Waals surface area (Å²) in [5.41, 5.74) is 0.499. The van der Waals surface area contributed by atoms with Crippen molar-refractivity contribution >= 4 is 11.6 Å². The Kier molecular flexibility index (Phi) is 5.94. The molecular weight excluding hydrogens is 317 g/mol. The predicted octanol–water partition coefficient (Wildman–Crippen LogP) is 3.42. The fourth-order valence-corrected chi connectivity index (χ4v) is 2.73. The average Bonchev–Trinajstić information content (AvgIpc) is 2.42. The molecule has 124 valence electrons. The van der Waals surface area contributed by atoms with E-state index in [2.05, 4.69) is 21.6 Å². The number of benzene rings is 1. The number of likely N-dealkylation sites (N-methyl/N-ethyl adjacent to an activating group) is 1. The van der Waals surface area contributed by atoms with E-state index < -0.39 is 6.36 Å². The Bertz CT molecular complexity index is 488. The molecule has 0 saturated carbocycles. The van der Waals surface area contributed by atoms with Crippen LogP contribution in [0.5, 0.6) is 5.75 Å². The van der Waals surface area contributed by atoms with Crippen LogP contribution in [0.25, 0.3) is 0 Å². The van der Waals surface area contributed by atoms with Crippen molar-refractivity contribution in [1.82, 2.24) is 9.80 Å². The summed E-state index contributed by atoms with van der Waals surface area (Å²) < 4.78 is 41.3. The van der Waals surface area contributed by atoms with E-state index in [4.69, 9.17) is 11.6 Å². The second-order valence-electron chi connectivity index (χ2n) is 5.55. The second kappa shape index (κ2) is 7.53. The molecule has 1 saturated heterocycles. The molecule has 0 unspecified atom stereocenters. The van der Waals surface area contributed by atoms with Crippen LogP contribution in [0.1, 0.15) is 12.0 Å². The molecule has 0 spiro atoms. The maximum absolute atomic E-state index is 12.4. The first-order valence-electron chi connectivity index (χ1n) is 7.28. The Hall–Kier alpha value is -0.980. The van der Waals surface area contributed by atoms with Crippen LogP contribution in [0.2, 0.25) is 5.02 Å². The topological polar surface area (TPSA) is 15.7 Å². The van der Waals surface area contributed by atoms with Crippen LogP contribution in [-0.4, -0.2) is 55.9 Å². The Morgan fingerprint density at radius 2 is 1.86 bits per heavy atom. The van der Waals surface area contributed by atoms with E-state index in [1.807, 2.05) is 0 Å². The monoisotopic (exact) mass is 336 g/mol. The highest BCUT2D eigenvalue weighted by Gasteiger charge is 2.32. The lowest BCUT2D eigenvalue weighted by atomic mass is 10.1. The molecule has 1 fully saturated rings. The standard InChI is InChI=1S/C15H20ClF3N2O/c1-20-7-9-21(10-8-20)6-2-3-12-11-13(16)4-5-14(12)22-15(17,18)19/h4-5,11H,2-3,6-10H2,1H3. The molecule has 0 atom stereocenters. The van der Waals surface area contributed by atoms with Gasteiger partial charge in [-0.05, 0) is 50.2 Å². The first kappa shape index (κ1) is 17.4. The van der Waals surface area contributed by atoms with Crippen molar-refractivity contribution in [2.24, 2.45) is 0 Å². The highest BCUT2D eigenvalue weighted by molar-refractivity contribution is 6.30. The van der Waals surface area contributed by atoms with Gasteiger partial charge in [0.1, 0.15) is 5.75 Å². The third-order valence-corrected chi connectivity index (χ3v) is 4.00. The minimum absolute atomic E-state index is 0.157. The van der Waals surface area contributed by atoms with Crippen LogP contribution >= 0.6 is 11.6 Å². The third kappa shape index (κ3) is 5.66. The average molecular weight is 337 g/mol. The number of alkyl halides is 3. The van der Waals surface area contributed by atoms with Gasteiger partial charge in [0.05, 0.1) is 0 Å². The van der Waals surface area contributed by atoms with Gasteiger partial charge in [-0.1, -0.05) is 11.6 Å². The highest BCUT2D eigenvalue weighted by atomic mass is 35.5. The Morgan fingerprint density at radius 1 is 1.18 bits per heavy atom. The summed E-state index contributed by atoms with van der Waals surface area (Å²) in [6, 6.07) is 4.24. The van der Waals surface area contributed by atoms with Crippen molar-refractivity contribution < 1.29 is 17.9 Å². The maximum atomic E-state index is 12.4. The zero-order chi connectivity index (χ0) is 16.2. The molecular formula is C15H20ClF3N2O.